The normalized spacial score (nSPS) is 19.8. The van der Waals surface area contributed by atoms with E-state index in [4.69, 9.17) is 29.1 Å². The van der Waals surface area contributed by atoms with E-state index in [1.807, 2.05) is 161 Å². The predicted octanol–water partition coefficient (Wildman–Crippen LogP) is 14.4. The minimum absolute atomic E-state index is 0.000791. The quantitative estimate of drug-likeness (QED) is 0.0246. The summed E-state index contributed by atoms with van der Waals surface area (Å²) in [5, 5.41) is 40.5. The number of carbonyl (C=O) groups excluding carboxylic acids is 12. The van der Waals surface area contributed by atoms with Crippen LogP contribution in [0, 0.1) is 18.8 Å². The molecule has 10 aliphatic rings. The van der Waals surface area contributed by atoms with E-state index >= 15 is 0 Å². The smallest absolute Gasteiger partial charge is 0.322 e. The SMILES string of the molecule is COc1ccc2c(c1)C(=O)N(C[C@@]1(c3ccc(-c4cc(C)c5nn(C(C)C)cc5c4)cc3)NC(=O)NC1=O)C2.COc1ccc2c(c1)C(=O)N(C[C@@]1(c3ccc(-c4ccc5c(cnn5CC5CC5)c4)cc3)NC(=O)NC1=O)C2.COc1ccc2c(c1)C(=O)N(C[C@@]1(c3ccc(-c4ccc5nn(CC6CC6)cc5c4)cc3)NC(=O)NC1=O)C2.COc1ccc2c(c1)C(=O)N(C[C@@]1(c3ccc(-c4nccs4)cc3)NC(=O)NC1=O)C2. The van der Waals surface area contributed by atoms with Crippen LogP contribution in [0.1, 0.15) is 137 Å². The van der Waals surface area contributed by atoms with Crippen molar-refractivity contribution < 1.29 is 76.5 Å². The summed E-state index contributed by atoms with van der Waals surface area (Å²) in [5.41, 5.74) is 13.5. The molecule has 6 fully saturated rings. The number of fused-ring (bicyclic) bond motifs is 7. The van der Waals surface area contributed by atoms with Gasteiger partial charge in [-0.1, -0.05) is 133 Å². The Bertz CT molecular complexity index is 7850. The van der Waals surface area contributed by atoms with Gasteiger partial charge >= 0.3 is 24.1 Å². The average Bonchev–Trinajstić information content (AvgIpc) is 1.61. The molecule has 35 nitrogen and oxygen atoms in total. The molecule has 4 atom stereocenters. The third-order valence-corrected chi connectivity index (χ3v) is 30.1. The van der Waals surface area contributed by atoms with Crippen LogP contribution < -0.4 is 61.5 Å². The van der Waals surface area contributed by atoms with Gasteiger partial charge < -0.3 is 59.8 Å². The Labute approximate surface area is 851 Å². The lowest BCUT2D eigenvalue weighted by atomic mass is 9.87. The van der Waals surface area contributed by atoms with Gasteiger partial charge in [0.25, 0.3) is 47.3 Å². The van der Waals surface area contributed by atoms with E-state index in [0.29, 0.717) is 93.7 Å². The van der Waals surface area contributed by atoms with Crippen LogP contribution in [0.15, 0.2) is 249 Å². The highest BCUT2D eigenvalue weighted by molar-refractivity contribution is 7.13. The molecule has 36 heteroatoms. The number of ether oxygens (including phenoxy) is 4. The molecule has 746 valence electrons. The van der Waals surface area contributed by atoms with Crippen LogP contribution in [0.3, 0.4) is 0 Å². The summed E-state index contributed by atoms with van der Waals surface area (Å²) in [6, 6.07) is 66.1. The minimum atomic E-state index is -1.41. The number of aromatic nitrogens is 7. The van der Waals surface area contributed by atoms with Crippen LogP contribution in [0.5, 0.6) is 23.0 Å². The van der Waals surface area contributed by atoms with Gasteiger partial charge in [0.1, 0.15) is 28.0 Å². The second-order valence-electron chi connectivity index (χ2n) is 39.2. The third-order valence-electron chi connectivity index (χ3n) is 29.3. The van der Waals surface area contributed by atoms with Crippen molar-refractivity contribution in [2.24, 2.45) is 11.8 Å². The van der Waals surface area contributed by atoms with Gasteiger partial charge in [0, 0.05) is 113 Å². The topological polar surface area (TPSA) is 417 Å². The first kappa shape index (κ1) is 95.2. The van der Waals surface area contributed by atoms with Gasteiger partial charge in [0.2, 0.25) is 0 Å². The van der Waals surface area contributed by atoms with Crippen LogP contribution in [0.2, 0.25) is 0 Å². The van der Waals surface area contributed by atoms with Crippen molar-refractivity contribution in [2.45, 2.75) is 114 Å². The van der Waals surface area contributed by atoms with Crippen LogP contribution >= 0.6 is 11.3 Å². The van der Waals surface area contributed by atoms with Gasteiger partial charge in [-0.05, 0) is 227 Å². The van der Waals surface area contributed by atoms with Crippen LogP contribution in [-0.4, -0.2) is 180 Å². The molecule has 2 saturated carbocycles. The van der Waals surface area contributed by atoms with Gasteiger partial charge in [-0.15, -0.1) is 11.3 Å². The zero-order chi connectivity index (χ0) is 103. The lowest BCUT2D eigenvalue weighted by Gasteiger charge is -2.31. The maximum Gasteiger partial charge on any atom is 0.322 e. The van der Waals surface area contributed by atoms with E-state index < -0.39 is 69.9 Å². The van der Waals surface area contributed by atoms with Crippen molar-refractivity contribution in [3.8, 4) is 66.9 Å². The number of urea groups is 4. The molecule has 16 amide bonds. The molecule has 11 aromatic carbocycles. The number of thiazole rings is 1. The number of carbonyl (C=O) groups is 12. The Hall–Kier alpha value is -17.7. The van der Waals surface area contributed by atoms with Crippen molar-refractivity contribution in [1.82, 2.24) is 96.5 Å². The number of hydrogen-bond acceptors (Lipinski definition) is 21. The molecule has 0 bridgehead atoms. The molecule has 8 N–H and O–H groups in total. The molecule has 4 saturated heterocycles. The number of imide groups is 4. The number of rotatable bonds is 25. The van der Waals surface area contributed by atoms with Crippen LogP contribution in [0.25, 0.3) is 76.7 Å². The van der Waals surface area contributed by atoms with E-state index in [-0.39, 0.29) is 55.8 Å². The summed E-state index contributed by atoms with van der Waals surface area (Å²) in [6.07, 6.45) is 12.9. The maximum absolute atomic E-state index is 13.3. The monoisotopic (exact) mass is 2000 g/mol. The van der Waals surface area contributed by atoms with Gasteiger partial charge in [0.15, 0.2) is 22.2 Å². The Morgan fingerprint density at radius 1 is 0.378 bits per heavy atom. The molecule has 15 aromatic rings. The molecule has 4 aromatic heterocycles. The van der Waals surface area contributed by atoms with Crippen molar-refractivity contribution >= 4 is 115 Å². The number of methoxy groups -OCH3 is 4. The first-order chi connectivity index (χ1) is 71.5. The first-order valence-electron chi connectivity index (χ1n) is 48.7. The summed E-state index contributed by atoms with van der Waals surface area (Å²) in [5.74, 6) is 1.10. The van der Waals surface area contributed by atoms with Crippen molar-refractivity contribution in [2.75, 3.05) is 54.6 Å². The summed E-state index contributed by atoms with van der Waals surface area (Å²) in [7, 11) is 6.20. The third kappa shape index (κ3) is 17.7. The molecule has 0 radical (unpaired) electrons. The fraction of sp³-hybridized carbons (Fsp3) is 0.250. The summed E-state index contributed by atoms with van der Waals surface area (Å²) in [6.45, 7) is 9.56. The van der Waals surface area contributed by atoms with Gasteiger partial charge in [0.05, 0.1) is 77.4 Å². The molecule has 12 heterocycles. The Kier molecular flexibility index (Phi) is 24.3. The van der Waals surface area contributed by atoms with E-state index in [2.05, 4.69) is 120 Å². The second-order valence-corrected chi connectivity index (χ2v) is 40.1. The van der Waals surface area contributed by atoms with E-state index in [0.717, 1.165) is 129 Å². The van der Waals surface area contributed by atoms with Crippen molar-refractivity contribution in [3.63, 3.8) is 0 Å². The number of nitrogens with zero attached hydrogens (tertiary/aromatic N) is 11. The fourth-order valence-corrected chi connectivity index (χ4v) is 21.5. The van der Waals surface area contributed by atoms with Crippen LogP contribution in [0.4, 0.5) is 19.2 Å². The molecule has 2 aliphatic carbocycles. The number of nitrogens with one attached hydrogen (secondary N) is 8. The minimum Gasteiger partial charge on any atom is -0.497 e. The number of aryl methyl sites for hydroxylation is 1. The molecule has 0 spiro atoms. The average molecular weight is 2000 g/mol. The number of amides is 16. The van der Waals surface area contributed by atoms with Crippen molar-refractivity contribution in [1.29, 1.82) is 0 Å². The van der Waals surface area contributed by atoms with Crippen LogP contribution in [-0.2, 0) is 80.6 Å². The second kappa shape index (κ2) is 37.8. The molecular weight excluding hydrogens is 1900 g/mol. The van der Waals surface area contributed by atoms with Crippen molar-refractivity contribution in [3.05, 3.63) is 321 Å². The van der Waals surface area contributed by atoms with E-state index in [9.17, 15) is 57.5 Å². The Morgan fingerprint density at radius 3 is 1.09 bits per heavy atom. The zero-order valence-corrected chi connectivity index (χ0v) is 82.5. The van der Waals surface area contributed by atoms with Gasteiger partial charge in [-0.3, -0.25) is 73.7 Å². The van der Waals surface area contributed by atoms with Gasteiger partial charge in [-0.25, -0.2) is 24.2 Å². The summed E-state index contributed by atoms with van der Waals surface area (Å²) in [4.78, 5) is 165. The highest BCUT2D eigenvalue weighted by atomic mass is 32.1. The number of hydrogen-bond donors (Lipinski definition) is 8. The first-order valence-corrected chi connectivity index (χ1v) is 49.6. The molecule has 8 aliphatic heterocycles. The molecule has 148 heavy (non-hydrogen) atoms. The lowest BCUT2D eigenvalue weighted by molar-refractivity contribution is -0.125. The molecular formula is C112H101N19O16S. The number of benzene rings is 11. The Balaban J connectivity index is 0.000000112. The fourth-order valence-electron chi connectivity index (χ4n) is 20.9. The summed E-state index contributed by atoms with van der Waals surface area (Å²) < 4.78 is 27.1. The largest absolute Gasteiger partial charge is 0.497 e. The van der Waals surface area contributed by atoms with E-state index in [1.165, 1.54) is 37.0 Å². The molecule has 0 unspecified atom stereocenters. The predicted molar refractivity (Wildman–Crippen MR) is 548 cm³/mol. The maximum atomic E-state index is 13.3. The molecule has 25 rings (SSSR count). The highest BCUT2D eigenvalue weighted by Crippen LogP contribution is 2.43. The van der Waals surface area contributed by atoms with E-state index in [1.54, 1.807) is 103 Å². The lowest BCUT2D eigenvalue weighted by Crippen LogP contribution is -2.52. The van der Waals surface area contributed by atoms with Gasteiger partial charge in [-0.2, -0.15) is 15.3 Å². The zero-order valence-electron chi connectivity index (χ0n) is 81.7. The standard InChI is InChI=1S/2C30H27N5O4.C30H29N5O4.C22H18N4O4S/c1-39-24-10-6-21-16-34(27(36)25(21)13-24)17-30(28(37)32-29(38)33-30)23-8-4-19(5-9-23)20-7-11-26-22(12-20)14-31-35(26)15-18-2-3-18;1-39-24-10-6-21-15-34(27(36)25(21)13-24)17-30(28(37)31-29(38)32-30)23-8-4-19(5-9-23)20-7-11-26-22(12-20)16-35(33-26)14-18-2-3-18;1-17(2)35-15-22-12-21(11-18(3)26(22)33-35)19-5-8-23(9-6-19)30(28(37)31-29(38)32-30)16-34-14-20-7-10-24(39-4)13-25(20)27(34)36;1-30-16-7-4-14-11-26(19(27)17(14)10-16)12-22(20(28)24-21(29)25-22)15-5-2-13(3-6-15)18-23-8-9-31-18/h4-14,18H,2-3,15-17H2,1H3,(H2,32,33,37,38);4-13,16,18H,2-3,14-15,17H2,1H3,(H2,31,32,37,38);5-13,15,17H,14,16H2,1-4H3,(H2,31,32,37,38);2-10H,11-12H2,1H3,(H2,24,25,28,29)/t3*30-;22-/m0000/s1. The summed E-state index contributed by atoms with van der Waals surface area (Å²) >= 11 is 1.51. The Morgan fingerprint density at radius 2 is 0.736 bits per heavy atom. The highest BCUT2D eigenvalue weighted by Gasteiger charge is 2.55.